The average molecular weight is 579 g/mol. The summed E-state index contributed by atoms with van der Waals surface area (Å²) in [5, 5.41) is 5.15. The first-order valence-corrected chi connectivity index (χ1v) is 15.7. The van der Waals surface area contributed by atoms with Crippen LogP contribution in [0.5, 0.6) is 0 Å². The zero-order valence-electron chi connectivity index (χ0n) is 24.3. The Morgan fingerprint density at radius 3 is 2.24 bits per heavy atom. The smallest absolute Gasteiger partial charge is 0.246 e. The second-order valence-corrected chi connectivity index (χ2v) is 13.2. The molecule has 3 rings (SSSR count). The van der Waals surface area contributed by atoms with E-state index in [4.69, 9.17) is 5.73 Å². The molecule has 3 aromatic rings. The van der Waals surface area contributed by atoms with Crippen LogP contribution in [-0.4, -0.2) is 63.1 Å². The summed E-state index contributed by atoms with van der Waals surface area (Å²) in [6, 6.07) is 22.9. The van der Waals surface area contributed by atoms with Crippen LogP contribution in [-0.2, 0) is 32.5 Å². The maximum atomic E-state index is 13.7. The van der Waals surface area contributed by atoms with Crippen LogP contribution in [0.25, 0.3) is 10.8 Å². The molecule has 2 atom stereocenters. The summed E-state index contributed by atoms with van der Waals surface area (Å²) < 4.78 is 26.1. The van der Waals surface area contributed by atoms with E-state index in [0.717, 1.165) is 28.2 Å². The number of nitrogens with zero attached hydrogens (tertiary/aromatic N) is 1. The van der Waals surface area contributed by atoms with Gasteiger partial charge in [0.15, 0.2) is 0 Å². The molecule has 0 saturated carbocycles. The fraction of sp³-hybridized carbons (Fsp3) is 0.375. The number of fused-ring (bicyclic) bond motifs is 1. The van der Waals surface area contributed by atoms with Gasteiger partial charge in [-0.1, -0.05) is 78.9 Å². The van der Waals surface area contributed by atoms with Gasteiger partial charge in [-0.3, -0.25) is 9.59 Å². The largest absolute Gasteiger partial charge is 0.354 e. The molecule has 0 radical (unpaired) electrons. The summed E-state index contributed by atoms with van der Waals surface area (Å²) in [6.07, 6.45) is 5.72. The number of amides is 2. The highest BCUT2D eigenvalue weighted by atomic mass is 32.2. The quantitative estimate of drug-likeness (QED) is 0.253. The molecular formula is C32H42N4O4S. The van der Waals surface area contributed by atoms with Crippen molar-refractivity contribution in [2.24, 2.45) is 11.7 Å². The summed E-state index contributed by atoms with van der Waals surface area (Å²) >= 11 is 0. The lowest BCUT2D eigenvalue weighted by molar-refractivity contribution is -0.135. The van der Waals surface area contributed by atoms with Crippen molar-refractivity contribution in [1.82, 2.24) is 14.9 Å². The summed E-state index contributed by atoms with van der Waals surface area (Å²) in [6.45, 7) is 4.18. The number of nitrogens with one attached hydrogen (secondary N) is 2. The number of hydrogen-bond donors (Lipinski definition) is 3. The molecule has 0 aliphatic rings. The molecule has 0 aromatic heterocycles. The molecule has 2 amide bonds. The van der Waals surface area contributed by atoms with Gasteiger partial charge in [0.05, 0.1) is 6.26 Å². The zero-order chi connectivity index (χ0) is 30.0. The summed E-state index contributed by atoms with van der Waals surface area (Å²) in [5.74, 6) is -0.793. The van der Waals surface area contributed by atoms with E-state index in [1.807, 2.05) is 86.6 Å². The van der Waals surface area contributed by atoms with Crippen LogP contribution in [0.1, 0.15) is 31.4 Å². The van der Waals surface area contributed by atoms with Crippen molar-refractivity contribution in [2.75, 3.05) is 26.4 Å². The Hall–Kier alpha value is -3.53. The van der Waals surface area contributed by atoms with Crippen molar-refractivity contribution in [3.8, 4) is 0 Å². The van der Waals surface area contributed by atoms with E-state index < -0.39 is 21.6 Å². The molecule has 9 heteroatoms. The minimum absolute atomic E-state index is 0.176. The first-order chi connectivity index (χ1) is 19.3. The highest BCUT2D eigenvalue weighted by molar-refractivity contribution is 7.88. The molecule has 0 fully saturated rings. The van der Waals surface area contributed by atoms with Crippen LogP contribution in [0, 0.1) is 5.92 Å². The molecule has 220 valence electrons. The van der Waals surface area contributed by atoms with Gasteiger partial charge in [0.2, 0.25) is 21.8 Å². The van der Waals surface area contributed by atoms with Crippen molar-refractivity contribution in [3.63, 3.8) is 0 Å². The highest BCUT2D eigenvalue weighted by Crippen LogP contribution is 2.18. The van der Waals surface area contributed by atoms with Crippen molar-refractivity contribution in [2.45, 2.75) is 44.7 Å². The van der Waals surface area contributed by atoms with Gasteiger partial charge in [-0.05, 0) is 60.6 Å². The zero-order valence-corrected chi connectivity index (χ0v) is 25.2. The number of likely N-dealkylation sites (N-methyl/N-ethyl adjacent to an activating group) is 1. The van der Waals surface area contributed by atoms with Crippen molar-refractivity contribution >= 4 is 32.6 Å². The van der Waals surface area contributed by atoms with Gasteiger partial charge in [0.1, 0.15) is 6.04 Å². The topological polar surface area (TPSA) is 122 Å². The Balaban J connectivity index is 1.80. The standard InChI is InChI=1S/C32H42N4O4S/c1-32(2,33)18-10-15-30(37)36(3)29(21-25-16-17-27-13-8-9-14-28(27)20-25)31(38)34-22-26(23-35-41(4,39)40)19-24-11-6-5-7-12-24/h5-17,20,26,29,35H,18-19,21-23,33H2,1-4H3,(H,34,38)/t26-,29-/m1/s1. The summed E-state index contributed by atoms with van der Waals surface area (Å²) in [7, 11) is -1.78. The first kappa shape index (κ1) is 32.0. The van der Waals surface area contributed by atoms with Crippen LogP contribution < -0.4 is 15.8 Å². The summed E-state index contributed by atoms with van der Waals surface area (Å²) in [5.41, 5.74) is 7.55. The van der Waals surface area contributed by atoms with Gasteiger partial charge >= 0.3 is 0 Å². The molecule has 4 N–H and O–H groups in total. The Bertz CT molecular complexity index is 1450. The second-order valence-electron chi connectivity index (χ2n) is 11.4. The fourth-order valence-electron chi connectivity index (χ4n) is 4.53. The number of benzene rings is 3. The number of rotatable bonds is 14. The Kier molecular flexibility index (Phi) is 11.2. The van der Waals surface area contributed by atoms with Gasteiger partial charge in [0, 0.05) is 32.1 Å². The molecule has 3 aromatic carbocycles. The molecule has 0 spiro atoms. The molecule has 0 unspecified atom stereocenters. The Morgan fingerprint density at radius 1 is 0.927 bits per heavy atom. The van der Waals surface area contributed by atoms with Crippen LogP contribution in [0.2, 0.25) is 0 Å². The minimum atomic E-state index is -3.40. The number of sulfonamides is 1. The molecule has 0 heterocycles. The van der Waals surface area contributed by atoms with Crippen molar-refractivity contribution in [3.05, 3.63) is 96.1 Å². The fourth-order valence-corrected chi connectivity index (χ4v) is 5.06. The normalized spacial score (nSPS) is 13.7. The second kappa shape index (κ2) is 14.4. The third-order valence-corrected chi connectivity index (χ3v) is 7.52. The van der Waals surface area contributed by atoms with Gasteiger partial charge < -0.3 is 16.0 Å². The van der Waals surface area contributed by atoms with Gasteiger partial charge in [-0.25, -0.2) is 13.1 Å². The van der Waals surface area contributed by atoms with E-state index in [0.29, 0.717) is 19.3 Å². The van der Waals surface area contributed by atoms with Crippen LogP contribution >= 0.6 is 0 Å². The predicted octanol–water partition coefficient (Wildman–Crippen LogP) is 3.42. The number of hydrogen-bond acceptors (Lipinski definition) is 5. The van der Waals surface area contributed by atoms with E-state index in [-0.39, 0.29) is 30.8 Å². The highest BCUT2D eigenvalue weighted by Gasteiger charge is 2.27. The lowest BCUT2D eigenvalue weighted by Gasteiger charge is -2.28. The van der Waals surface area contributed by atoms with E-state index in [9.17, 15) is 18.0 Å². The molecule has 8 nitrogen and oxygen atoms in total. The SMILES string of the molecule is CN(C(=O)C=CCC(C)(C)N)[C@H](Cc1ccc2ccccc2c1)C(=O)NC[C@H](CNS(C)(=O)=O)Cc1ccccc1. The van der Waals surface area contributed by atoms with Crippen molar-refractivity contribution in [1.29, 1.82) is 0 Å². The monoisotopic (exact) mass is 578 g/mol. The third kappa shape index (κ3) is 11.1. The maximum absolute atomic E-state index is 13.7. The summed E-state index contributed by atoms with van der Waals surface area (Å²) in [4.78, 5) is 28.2. The lowest BCUT2D eigenvalue weighted by Crippen LogP contribution is -2.50. The molecule has 0 saturated heterocycles. The Labute approximate surface area is 244 Å². The van der Waals surface area contributed by atoms with Crippen LogP contribution in [0.3, 0.4) is 0 Å². The molecular weight excluding hydrogens is 536 g/mol. The van der Waals surface area contributed by atoms with Crippen LogP contribution in [0.15, 0.2) is 84.9 Å². The number of carbonyl (C=O) groups excluding carboxylic acids is 2. The molecule has 0 aliphatic carbocycles. The van der Waals surface area contributed by atoms with Crippen molar-refractivity contribution < 1.29 is 18.0 Å². The molecule has 0 aliphatic heterocycles. The lowest BCUT2D eigenvalue weighted by atomic mass is 9.98. The number of nitrogens with two attached hydrogens (primary N) is 1. The number of carbonyl (C=O) groups is 2. The van der Waals surface area contributed by atoms with E-state index in [2.05, 4.69) is 10.0 Å². The van der Waals surface area contributed by atoms with Gasteiger partial charge in [-0.2, -0.15) is 0 Å². The minimum Gasteiger partial charge on any atom is -0.354 e. The Morgan fingerprint density at radius 2 is 1.59 bits per heavy atom. The third-order valence-electron chi connectivity index (χ3n) is 6.83. The predicted molar refractivity (Wildman–Crippen MR) is 166 cm³/mol. The first-order valence-electron chi connectivity index (χ1n) is 13.8. The van der Waals surface area contributed by atoms with E-state index in [1.54, 1.807) is 13.1 Å². The molecule has 41 heavy (non-hydrogen) atoms. The van der Waals surface area contributed by atoms with Gasteiger partial charge in [-0.15, -0.1) is 0 Å². The van der Waals surface area contributed by atoms with Crippen LogP contribution in [0.4, 0.5) is 0 Å². The molecule has 0 bridgehead atoms. The van der Waals surface area contributed by atoms with E-state index >= 15 is 0 Å². The van der Waals surface area contributed by atoms with Gasteiger partial charge in [0.25, 0.3) is 0 Å². The average Bonchev–Trinajstić information content (AvgIpc) is 2.92. The van der Waals surface area contributed by atoms with E-state index in [1.165, 1.54) is 11.0 Å². The maximum Gasteiger partial charge on any atom is 0.246 e.